The van der Waals surface area contributed by atoms with Gasteiger partial charge in [0.05, 0.1) is 0 Å². The molecule has 0 aromatic rings. The van der Waals surface area contributed by atoms with Gasteiger partial charge in [-0.1, -0.05) is 0 Å². The van der Waals surface area contributed by atoms with Crippen LogP contribution in [-0.2, 0) is 53.1 Å². The third-order valence-electron chi connectivity index (χ3n) is 2.72. The molecular weight excluding hydrogens is 364 g/mol. The zero-order chi connectivity index (χ0) is 20.5. The van der Waals surface area contributed by atoms with Gasteiger partial charge >= 0.3 is 23.9 Å². The van der Waals surface area contributed by atoms with Crippen molar-refractivity contribution in [1.29, 1.82) is 0 Å². The molecule has 146 valence electrons. The summed E-state index contributed by atoms with van der Waals surface area (Å²) in [5, 5.41) is 18.6. The van der Waals surface area contributed by atoms with E-state index >= 15 is 0 Å². The predicted molar refractivity (Wildman–Crippen MR) is 72.9 cm³/mol. The Morgan fingerprint density at radius 2 is 1.58 bits per heavy atom. The molecule has 0 aliphatic carbocycles. The quantitative estimate of drug-likeness (QED) is 0.197. The maximum absolute atomic E-state index is 12.0. The molecule has 0 radical (unpaired) electrons. The first-order valence-corrected chi connectivity index (χ1v) is 6.80. The number of hydrogen-bond donors (Lipinski definition) is 2. The Labute approximate surface area is 145 Å². The van der Waals surface area contributed by atoms with E-state index in [-0.39, 0.29) is 6.47 Å². The molecule has 13 nitrogen and oxygen atoms in total. The molecule has 26 heavy (non-hydrogen) atoms. The Hall–Kier alpha value is -3.06. The Balaban J connectivity index is 5.23. The highest BCUT2D eigenvalue weighted by Crippen LogP contribution is 2.24. The fraction of sp³-hybridized carbons (Fsp3) is 0.538. The Bertz CT molecular complexity index is 579. The lowest BCUT2D eigenvalue weighted by atomic mass is 9.93. The number of ether oxygens (including phenoxy) is 1. The zero-order valence-corrected chi connectivity index (χ0v) is 13.8. The standard InChI is InChI=1S/C13H16O13/c1-6(15)10(19)24-23-9(18)4-13(8(3)17,22-5-14)12(21)26-25-11(20)7(2)16/h5,7-8,16-17H,4H2,1-3H3. The van der Waals surface area contributed by atoms with Crippen LogP contribution in [0.3, 0.4) is 0 Å². The molecule has 2 N–H and O–H groups in total. The van der Waals surface area contributed by atoms with Gasteiger partial charge in [0, 0.05) is 6.92 Å². The molecule has 0 spiro atoms. The topological polar surface area (TPSA) is 189 Å². The van der Waals surface area contributed by atoms with Crippen molar-refractivity contribution in [2.75, 3.05) is 0 Å². The summed E-state index contributed by atoms with van der Waals surface area (Å²) < 4.78 is 4.40. The molecule has 0 saturated carbocycles. The second kappa shape index (κ2) is 10.0. The predicted octanol–water partition coefficient (Wildman–Crippen LogP) is -2.36. The summed E-state index contributed by atoms with van der Waals surface area (Å²) in [7, 11) is 0. The molecule has 0 aromatic carbocycles. The summed E-state index contributed by atoms with van der Waals surface area (Å²) in [4.78, 5) is 82.7. The monoisotopic (exact) mass is 380 g/mol. The maximum atomic E-state index is 12.0. The SMILES string of the molecule is CC(=O)C(=O)OOC(=O)CC(OC=O)(C(=O)OOC(=O)C(C)O)C(C)O. The van der Waals surface area contributed by atoms with Crippen LogP contribution in [-0.4, -0.2) is 64.2 Å². The number of ketones is 1. The van der Waals surface area contributed by atoms with E-state index in [0.29, 0.717) is 0 Å². The van der Waals surface area contributed by atoms with Crippen LogP contribution in [0.2, 0.25) is 0 Å². The summed E-state index contributed by atoms with van der Waals surface area (Å²) >= 11 is 0. The second-order valence-electron chi connectivity index (χ2n) is 4.79. The fourth-order valence-electron chi connectivity index (χ4n) is 1.27. The lowest BCUT2D eigenvalue weighted by Gasteiger charge is -2.29. The third-order valence-corrected chi connectivity index (χ3v) is 2.72. The van der Waals surface area contributed by atoms with Crippen LogP contribution in [0.1, 0.15) is 27.2 Å². The van der Waals surface area contributed by atoms with Gasteiger partial charge in [0.2, 0.25) is 11.4 Å². The number of hydrogen-bond acceptors (Lipinski definition) is 13. The van der Waals surface area contributed by atoms with E-state index in [1.54, 1.807) is 0 Å². The fourth-order valence-corrected chi connectivity index (χ4v) is 1.27. The number of rotatable bonds is 8. The molecule has 0 saturated heterocycles. The van der Waals surface area contributed by atoms with E-state index in [4.69, 9.17) is 5.11 Å². The summed E-state index contributed by atoms with van der Waals surface area (Å²) in [5.41, 5.74) is -2.75. The summed E-state index contributed by atoms with van der Waals surface area (Å²) in [6, 6.07) is 0. The molecule has 0 fully saturated rings. The van der Waals surface area contributed by atoms with Gasteiger partial charge in [-0.15, -0.1) is 0 Å². The summed E-state index contributed by atoms with van der Waals surface area (Å²) in [5.74, 6) is -7.29. The molecule has 0 rings (SSSR count). The molecular formula is C13H16O13. The largest absolute Gasteiger partial charge is 0.446 e. The van der Waals surface area contributed by atoms with Crippen LogP contribution in [0.25, 0.3) is 0 Å². The molecule has 0 aliphatic rings. The van der Waals surface area contributed by atoms with Crippen LogP contribution in [0.15, 0.2) is 0 Å². The maximum Gasteiger partial charge on any atom is 0.421 e. The normalized spacial score (nSPS) is 14.7. The van der Waals surface area contributed by atoms with E-state index in [1.807, 2.05) is 0 Å². The van der Waals surface area contributed by atoms with Crippen molar-refractivity contribution in [2.24, 2.45) is 0 Å². The number of aliphatic hydroxyl groups is 2. The van der Waals surface area contributed by atoms with Crippen LogP contribution in [0.4, 0.5) is 0 Å². The van der Waals surface area contributed by atoms with Crippen LogP contribution < -0.4 is 0 Å². The van der Waals surface area contributed by atoms with Gasteiger partial charge in [0.15, 0.2) is 6.10 Å². The number of Topliss-reactive ketones (excluding diaryl/α,β-unsaturated/α-hetero) is 1. The lowest BCUT2D eigenvalue weighted by Crippen LogP contribution is -2.53. The smallest absolute Gasteiger partial charge is 0.421 e. The van der Waals surface area contributed by atoms with Gasteiger partial charge in [-0.05, 0) is 13.8 Å². The molecule has 0 aliphatic heterocycles. The second-order valence-corrected chi connectivity index (χ2v) is 4.79. The summed E-state index contributed by atoms with van der Waals surface area (Å²) in [6.07, 6.45) is -4.83. The van der Waals surface area contributed by atoms with Gasteiger partial charge in [0.1, 0.15) is 12.5 Å². The van der Waals surface area contributed by atoms with Crippen molar-refractivity contribution in [2.45, 2.75) is 45.0 Å². The van der Waals surface area contributed by atoms with E-state index in [1.165, 1.54) is 0 Å². The van der Waals surface area contributed by atoms with Gasteiger partial charge in [0.25, 0.3) is 6.47 Å². The number of aliphatic hydroxyl groups excluding tert-OH is 2. The molecule has 0 bridgehead atoms. The first-order valence-electron chi connectivity index (χ1n) is 6.80. The van der Waals surface area contributed by atoms with E-state index < -0.39 is 53.9 Å². The van der Waals surface area contributed by atoms with Crippen LogP contribution in [0.5, 0.6) is 0 Å². The third kappa shape index (κ3) is 6.45. The molecule has 0 amide bonds. The number of carbonyl (C=O) groups is 6. The summed E-state index contributed by atoms with van der Waals surface area (Å²) in [6.45, 7) is 2.40. The van der Waals surface area contributed by atoms with Crippen molar-refractivity contribution in [3.63, 3.8) is 0 Å². The molecule has 0 heterocycles. The van der Waals surface area contributed by atoms with Crippen molar-refractivity contribution in [1.82, 2.24) is 0 Å². The van der Waals surface area contributed by atoms with Gasteiger partial charge < -0.3 is 14.9 Å². The highest BCUT2D eigenvalue weighted by atomic mass is 17.2. The van der Waals surface area contributed by atoms with Crippen molar-refractivity contribution in [3.05, 3.63) is 0 Å². The van der Waals surface area contributed by atoms with Crippen LogP contribution in [0, 0.1) is 0 Å². The lowest BCUT2D eigenvalue weighted by molar-refractivity contribution is -0.283. The molecule has 13 heteroatoms. The molecule has 3 atom stereocenters. The minimum Gasteiger partial charge on any atom is -0.446 e. The van der Waals surface area contributed by atoms with Crippen molar-refractivity contribution in [3.8, 4) is 0 Å². The van der Waals surface area contributed by atoms with E-state index in [9.17, 15) is 33.9 Å². The minimum absolute atomic E-state index is 0.320. The highest BCUT2D eigenvalue weighted by Gasteiger charge is 2.51. The van der Waals surface area contributed by atoms with Crippen molar-refractivity contribution < 1.29 is 63.3 Å². The Morgan fingerprint density at radius 3 is 2.00 bits per heavy atom. The molecule has 0 aromatic heterocycles. The average Bonchev–Trinajstić information content (AvgIpc) is 2.55. The van der Waals surface area contributed by atoms with Crippen LogP contribution >= 0.6 is 0 Å². The van der Waals surface area contributed by atoms with Gasteiger partial charge in [-0.25, -0.2) is 38.7 Å². The highest BCUT2D eigenvalue weighted by molar-refractivity contribution is 6.32. The van der Waals surface area contributed by atoms with Gasteiger partial charge in [-0.3, -0.25) is 9.59 Å². The van der Waals surface area contributed by atoms with Crippen molar-refractivity contribution >= 4 is 36.1 Å². The Kier molecular flexibility index (Phi) is 8.87. The first-order chi connectivity index (χ1) is 12.0. The van der Waals surface area contributed by atoms with E-state index in [0.717, 1.165) is 20.8 Å². The zero-order valence-electron chi connectivity index (χ0n) is 13.8. The number of carbonyl (C=O) groups excluding carboxylic acids is 6. The molecule has 3 unspecified atom stereocenters. The van der Waals surface area contributed by atoms with Gasteiger partial charge in [-0.2, -0.15) is 0 Å². The van der Waals surface area contributed by atoms with E-state index in [2.05, 4.69) is 24.3 Å². The average molecular weight is 380 g/mol. The minimum atomic E-state index is -2.75. The Morgan fingerprint density at radius 1 is 1.00 bits per heavy atom. The first kappa shape index (κ1) is 22.9.